The van der Waals surface area contributed by atoms with Gasteiger partial charge in [0.15, 0.2) is 5.69 Å². The number of hydrogen-bond donors (Lipinski definition) is 1. The van der Waals surface area contributed by atoms with Crippen molar-refractivity contribution in [3.05, 3.63) is 53.5 Å². The lowest BCUT2D eigenvalue weighted by Crippen LogP contribution is -2.28. The molecule has 0 aliphatic heterocycles. The summed E-state index contributed by atoms with van der Waals surface area (Å²) in [6.07, 6.45) is 5.23. The molecule has 0 bridgehead atoms. The van der Waals surface area contributed by atoms with Gasteiger partial charge in [-0.2, -0.15) is 9.49 Å². The van der Waals surface area contributed by atoms with Crippen LogP contribution in [0.4, 0.5) is 4.39 Å². The minimum Gasteiger partial charge on any atom is -0.349 e. The van der Waals surface area contributed by atoms with Crippen molar-refractivity contribution in [2.24, 2.45) is 0 Å². The highest BCUT2D eigenvalue weighted by atomic mass is 19.1. The minimum absolute atomic E-state index is 0.192. The molecule has 0 atom stereocenters. The lowest BCUT2D eigenvalue weighted by molar-refractivity contribution is 0.0943. The van der Waals surface area contributed by atoms with Crippen LogP contribution < -0.4 is 5.32 Å². The molecule has 3 aromatic rings. The van der Waals surface area contributed by atoms with Crippen LogP contribution >= 0.6 is 0 Å². The van der Waals surface area contributed by atoms with E-state index < -0.39 is 11.9 Å². The summed E-state index contributed by atoms with van der Waals surface area (Å²) in [5.74, 6) is -1.17. The average molecular weight is 301 g/mol. The summed E-state index contributed by atoms with van der Waals surface area (Å²) in [4.78, 5) is 16.1. The molecule has 0 aromatic carbocycles. The van der Waals surface area contributed by atoms with Gasteiger partial charge in [0.25, 0.3) is 5.91 Å². The monoisotopic (exact) mass is 301 g/mol. The van der Waals surface area contributed by atoms with Gasteiger partial charge >= 0.3 is 0 Å². The number of carbonyl (C=O) groups excluding carboxylic acids is 1. The van der Waals surface area contributed by atoms with E-state index in [-0.39, 0.29) is 5.69 Å². The first-order valence-corrected chi connectivity index (χ1v) is 6.96. The first-order valence-electron chi connectivity index (χ1n) is 6.96. The van der Waals surface area contributed by atoms with Crippen LogP contribution in [0.25, 0.3) is 5.65 Å². The van der Waals surface area contributed by atoms with E-state index in [0.717, 1.165) is 11.1 Å². The van der Waals surface area contributed by atoms with Crippen LogP contribution in [-0.4, -0.2) is 31.6 Å². The number of carbonyl (C=O) groups is 1. The maximum absolute atomic E-state index is 14.2. The molecule has 1 N–H and O–H groups in total. The number of imidazole rings is 1. The molecule has 0 saturated heterocycles. The molecule has 3 aromatic heterocycles. The molecule has 0 aliphatic rings. The molecule has 0 unspecified atom stereocenters. The standard InChI is InChI=1S/C15H16FN5O/c1-10-3-4-12-19-13(14(16)21(12)9-10)15(22)17-5-6-20-8-11(2)7-18-20/h3-4,7-9H,5-6H2,1-2H3,(H,17,22). The molecule has 0 aliphatic carbocycles. The average Bonchev–Trinajstić information content (AvgIpc) is 3.03. The molecule has 6 nitrogen and oxygen atoms in total. The van der Waals surface area contributed by atoms with E-state index in [4.69, 9.17) is 0 Å². The molecule has 3 rings (SSSR count). The molecule has 7 heteroatoms. The van der Waals surface area contributed by atoms with Gasteiger partial charge in [0, 0.05) is 18.9 Å². The molecular weight excluding hydrogens is 285 g/mol. The van der Waals surface area contributed by atoms with Crippen molar-refractivity contribution in [2.45, 2.75) is 20.4 Å². The number of fused-ring (bicyclic) bond motifs is 1. The second-order valence-electron chi connectivity index (χ2n) is 5.22. The summed E-state index contributed by atoms with van der Waals surface area (Å²) < 4.78 is 17.2. The highest BCUT2D eigenvalue weighted by Gasteiger charge is 2.18. The van der Waals surface area contributed by atoms with Crippen molar-refractivity contribution in [1.29, 1.82) is 0 Å². The van der Waals surface area contributed by atoms with Crippen molar-refractivity contribution in [1.82, 2.24) is 24.5 Å². The Kier molecular flexibility index (Phi) is 3.62. The molecule has 3 heterocycles. The summed E-state index contributed by atoms with van der Waals surface area (Å²) in [5, 5.41) is 6.78. The van der Waals surface area contributed by atoms with Crippen LogP contribution in [0.3, 0.4) is 0 Å². The molecule has 0 spiro atoms. The number of aromatic nitrogens is 4. The topological polar surface area (TPSA) is 64.2 Å². The van der Waals surface area contributed by atoms with Crippen molar-refractivity contribution in [2.75, 3.05) is 6.54 Å². The predicted octanol–water partition coefficient (Wildman–Crippen LogP) is 1.72. The first-order chi connectivity index (χ1) is 10.5. The second kappa shape index (κ2) is 5.59. The smallest absolute Gasteiger partial charge is 0.274 e. The zero-order chi connectivity index (χ0) is 15.7. The first kappa shape index (κ1) is 14.2. The summed E-state index contributed by atoms with van der Waals surface area (Å²) in [7, 11) is 0. The Labute approximate surface area is 126 Å². The molecule has 22 heavy (non-hydrogen) atoms. The third kappa shape index (κ3) is 2.69. The van der Waals surface area contributed by atoms with Gasteiger partial charge in [-0.3, -0.25) is 13.9 Å². The Hall–Kier alpha value is -2.70. The number of aryl methyl sites for hydroxylation is 2. The Morgan fingerprint density at radius 1 is 1.27 bits per heavy atom. The fourth-order valence-electron chi connectivity index (χ4n) is 2.22. The van der Waals surface area contributed by atoms with E-state index in [2.05, 4.69) is 15.4 Å². The van der Waals surface area contributed by atoms with Gasteiger partial charge in [0.2, 0.25) is 5.95 Å². The zero-order valence-corrected chi connectivity index (χ0v) is 12.4. The van der Waals surface area contributed by atoms with Crippen molar-refractivity contribution in [3.63, 3.8) is 0 Å². The fraction of sp³-hybridized carbons (Fsp3) is 0.267. The van der Waals surface area contributed by atoms with Crippen LogP contribution in [0.1, 0.15) is 21.6 Å². The number of amides is 1. The third-order valence-electron chi connectivity index (χ3n) is 3.31. The Morgan fingerprint density at radius 2 is 2.09 bits per heavy atom. The van der Waals surface area contributed by atoms with Crippen LogP contribution in [0.15, 0.2) is 30.7 Å². The molecule has 1 amide bonds. The quantitative estimate of drug-likeness (QED) is 0.798. The van der Waals surface area contributed by atoms with Gasteiger partial charge in [-0.25, -0.2) is 4.98 Å². The summed E-state index contributed by atoms with van der Waals surface area (Å²) in [6, 6.07) is 3.51. The number of nitrogens with zero attached hydrogens (tertiary/aromatic N) is 4. The summed E-state index contributed by atoms with van der Waals surface area (Å²) in [5.41, 5.74) is 2.16. The predicted molar refractivity (Wildman–Crippen MR) is 79.2 cm³/mol. The van der Waals surface area contributed by atoms with Gasteiger partial charge in [-0.05, 0) is 31.0 Å². The van der Waals surface area contributed by atoms with E-state index in [1.165, 1.54) is 4.40 Å². The molecule has 0 fully saturated rings. The van der Waals surface area contributed by atoms with Crippen LogP contribution in [-0.2, 0) is 6.54 Å². The number of rotatable bonds is 4. The van der Waals surface area contributed by atoms with Gasteiger partial charge in [0.05, 0.1) is 12.7 Å². The number of pyridine rings is 1. The SMILES string of the molecule is Cc1cnn(CCNC(=O)c2nc3ccc(C)cn3c2F)c1. The fourth-order valence-corrected chi connectivity index (χ4v) is 2.22. The minimum atomic E-state index is -0.647. The summed E-state index contributed by atoms with van der Waals surface area (Å²) in [6.45, 7) is 4.67. The van der Waals surface area contributed by atoms with Crippen LogP contribution in [0.2, 0.25) is 0 Å². The number of halogens is 1. The zero-order valence-electron chi connectivity index (χ0n) is 12.4. The number of nitrogens with one attached hydrogen (secondary N) is 1. The van der Waals surface area contributed by atoms with Gasteiger partial charge in [0.1, 0.15) is 5.65 Å². The molecule has 114 valence electrons. The van der Waals surface area contributed by atoms with Crippen molar-refractivity contribution >= 4 is 11.6 Å². The molecule has 0 saturated carbocycles. The van der Waals surface area contributed by atoms with E-state index in [0.29, 0.717) is 18.7 Å². The summed E-state index contributed by atoms with van der Waals surface area (Å²) >= 11 is 0. The second-order valence-corrected chi connectivity index (χ2v) is 5.22. The lowest BCUT2D eigenvalue weighted by Gasteiger charge is -2.03. The maximum Gasteiger partial charge on any atom is 0.274 e. The normalized spacial score (nSPS) is 11.0. The van der Waals surface area contributed by atoms with Gasteiger partial charge in [-0.1, -0.05) is 6.07 Å². The Bertz CT molecular complexity index is 836. The van der Waals surface area contributed by atoms with Crippen LogP contribution in [0.5, 0.6) is 0 Å². The Morgan fingerprint density at radius 3 is 2.82 bits per heavy atom. The highest BCUT2D eigenvalue weighted by molar-refractivity contribution is 5.93. The molecule has 0 radical (unpaired) electrons. The van der Waals surface area contributed by atoms with Gasteiger partial charge in [-0.15, -0.1) is 0 Å². The van der Waals surface area contributed by atoms with E-state index in [1.54, 1.807) is 23.1 Å². The van der Waals surface area contributed by atoms with E-state index in [1.807, 2.05) is 26.1 Å². The van der Waals surface area contributed by atoms with E-state index >= 15 is 0 Å². The largest absolute Gasteiger partial charge is 0.349 e. The molecular formula is C15H16FN5O. The number of hydrogen-bond acceptors (Lipinski definition) is 3. The van der Waals surface area contributed by atoms with Crippen molar-refractivity contribution in [3.8, 4) is 0 Å². The van der Waals surface area contributed by atoms with Crippen LogP contribution in [0, 0.1) is 19.8 Å². The Balaban J connectivity index is 1.71. The lowest BCUT2D eigenvalue weighted by atomic mass is 10.3. The van der Waals surface area contributed by atoms with E-state index in [9.17, 15) is 9.18 Å². The third-order valence-corrected chi connectivity index (χ3v) is 3.31. The maximum atomic E-state index is 14.2. The van der Waals surface area contributed by atoms with Gasteiger partial charge < -0.3 is 5.32 Å². The van der Waals surface area contributed by atoms with Crippen molar-refractivity contribution < 1.29 is 9.18 Å². The highest BCUT2D eigenvalue weighted by Crippen LogP contribution is 2.12.